The highest BCUT2D eigenvalue weighted by Gasteiger charge is 2.19. The van der Waals surface area contributed by atoms with E-state index in [0.29, 0.717) is 34.5 Å². The van der Waals surface area contributed by atoms with Crippen LogP contribution in [0.5, 0.6) is 0 Å². The van der Waals surface area contributed by atoms with Crippen molar-refractivity contribution in [2.75, 3.05) is 11.9 Å². The first-order valence-corrected chi connectivity index (χ1v) is 8.27. The Hall–Kier alpha value is -2.73. The SMILES string of the molecule is Cc1noc2nc(C(C)C)cc(C(=O)Nc3ccc(CCO)cc3)c12. The Labute approximate surface area is 145 Å². The molecule has 1 aromatic carbocycles. The van der Waals surface area contributed by atoms with Gasteiger partial charge in [0, 0.05) is 18.0 Å². The second-order valence-corrected chi connectivity index (χ2v) is 6.32. The van der Waals surface area contributed by atoms with Crippen molar-refractivity contribution in [2.24, 2.45) is 0 Å². The van der Waals surface area contributed by atoms with Crippen molar-refractivity contribution in [1.29, 1.82) is 0 Å². The molecular formula is C19H21N3O3. The Morgan fingerprint density at radius 1 is 1.28 bits per heavy atom. The maximum absolute atomic E-state index is 12.8. The van der Waals surface area contributed by atoms with E-state index >= 15 is 0 Å². The molecule has 0 spiro atoms. The molecule has 1 amide bonds. The Balaban J connectivity index is 1.94. The summed E-state index contributed by atoms with van der Waals surface area (Å²) in [5.74, 6) is -0.0605. The standard InChI is InChI=1S/C19H21N3O3/c1-11(2)16-10-15(17-12(3)22-25-19(17)21-16)18(24)20-14-6-4-13(5-7-14)8-9-23/h4-7,10-11,23H,8-9H2,1-3H3,(H,20,24). The van der Waals surface area contributed by atoms with E-state index in [0.717, 1.165) is 11.3 Å². The molecule has 6 heteroatoms. The van der Waals surface area contributed by atoms with E-state index in [1.807, 2.05) is 38.1 Å². The molecule has 0 aliphatic heterocycles. The first-order chi connectivity index (χ1) is 12.0. The smallest absolute Gasteiger partial charge is 0.259 e. The highest BCUT2D eigenvalue weighted by molar-refractivity contribution is 6.12. The van der Waals surface area contributed by atoms with Crippen molar-refractivity contribution >= 4 is 22.7 Å². The normalized spacial score (nSPS) is 11.2. The number of aliphatic hydroxyl groups excluding tert-OH is 1. The van der Waals surface area contributed by atoms with Gasteiger partial charge >= 0.3 is 0 Å². The number of benzene rings is 1. The third kappa shape index (κ3) is 3.53. The number of pyridine rings is 1. The molecule has 0 radical (unpaired) electrons. The van der Waals surface area contributed by atoms with E-state index in [9.17, 15) is 4.79 Å². The highest BCUT2D eigenvalue weighted by Crippen LogP contribution is 2.26. The number of aryl methyl sites for hydroxylation is 1. The fourth-order valence-corrected chi connectivity index (χ4v) is 2.67. The maximum atomic E-state index is 12.8. The first kappa shape index (κ1) is 17.1. The summed E-state index contributed by atoms with van der Waals surface area (Å²) < 4.78 is 5.26. The van der Waals surface area contributed by atoms with Crippen molar-refractivity contribution in [3.8, 4) is 0 Å². The van der Waals surface area contributed by atoms with Crippen LogP contribution in [0.4, 0.5) is 5.69 Å². The summed E-state index contributed by atoms with van der Waals surface area (Å²) in [6, 6.07) is 9.22. The number of nitrogens with one attached hydrogen (secondary N) is 1. The Morgan fingerprint density at radius 3 is 2.64 bits per heavy atom. The van der Waals surface area contributed by atoms with Crippen molar-refractivity contribution < 1.29 is 14.4 Å². The number of fused-ring (bicyclic) bond motifs is 1. The average molecular weight is 339 g/mol. The van der Waals surface area contributed by atoms with Gasteiger partial charge in [-0.2, -0.15) is 0 Å². The van der Waals surface area contributed by atoms with Gasteiger partial charge in [0.25, 0.3) is 11.6 Å². The minimum absolute atomic E-state index is 0.103. The number of aromatic nitrogens is 2. The fourth-order valence-electron chi connectivity index (χ4n) is 2.67. The molecule has 0 atom stereocenters. The predicted molar refractivity (Wildman–Crippen MR) is 95.8 cm³/mol. The lowest BCUT2D eigenvalue weighted by Crippen LogP contribution is -2.14. The minimum atomic E-state index is -0.226. The van der Waals surface area contributed by atoms with Gasteiger partial charge < -0.3 is 14.9 Å². The zero-order chi connectivity index (χ0) is 18.0. The van der Waals surface area contributed by atoms with Gasteiger partial charge in [0.05, 0.1) is 16.6 Å². The Bertz CT molecular complexity index is 898. The van der Waals surface area contributed by atoms with Gasteiger partial charge in [-0.1, -0.05) is 31.1 Å². The third-order valence-corrected chi connectivity index (χ3v) is 4.09. The lowest BCUT2D eigenvalue weighted by Gasteiger charge is -2.10. The topological polar surface area (TPSA) is 88.2 Å². The van der Waals surface area contributed by atoms with Crippen molar-refractivity contribution in [3.63, 3.8) is 0 Å². The van der Waals surface area contributed by atoms with Crippen LogP contribution in [0.15, 0.2) is 34.9 Å². The predicted octanol–water partition coefficient (Wildman–Crippen LogP) is 3.44. The number of anilines is 1. The van der Waals surface area contributed by atoms with E-state index in [4.69, 9.17) is 9.63 Å². The molecular weight excluding hydrogens is 318 g/mol. The minimum Gasteiger partial charge on any atom is -0.396 e. The summed E-state index contributed by atoms with van der Waals surface area (Å²) in [4.78, 5) is 17.3. The number of rotatable bonds is 5. The van der Waals surface area contributed by atoms with Crippen LogP contribution in [-0.4, -0.2) is 27.8 Å². The molecule has 2 heterocycles. The molecule has 3 aromatic rings. The van der Waals surface area contributed by atoms with Crippen molar-refractivity contribution in [2.45, 2.75) is 33.1 Å². The molecule has 0 bridgehead atoms. The monoisotopic (exact) mass is 339 g/mol. The molecule has 2 N–H and O–H groups in total. The van der Waals surface area contributed by atoms with Crippen LogP contribution in [0.1, 0.15) is 47.1 Å². The van der Waals surface area contributed by atoms with Gasteiger partial charge in [-0.3, -0.25) is 4.79 Å². The van der Waals surface area contributed by atoms with Gasteiger partial charge in [0.2, 0.25) is 0 Å². The van der Waals surface area contributed by atoms with Crippen molar-refractivity contribution in [3.05, 3.63) is 52.8 Å². The van der Waals surface area contributed by atoms with Gasteiger partial charge in [0.15, 0.2) is 0 Å². The third-order valence-electron chi connectivity index (χ3n) is 4.09. The molecule has 130 valence electrons. The summed E-state index contributed by atoms with van der Waals surface area (Å²) in [6.07, 6.45) is 0.594. The van der Waals surface area contributed by atoms with E-state index in [1.165, 1.54) is 0 Å². The summed E-state index contributed by atoms with van der Waals surface area (Å²) in [5, 5.41) is 16.4. The highest BCUT2D eigenvalue weighted by atomic mass is 16.5. The van der Waals surface area contributed by atoms with Gasteiger partial charge in [0.1, 0.15) is 0 Å². The Morgan fingerprint density at radius 2 is 2.00 bits per heavy atom. The van der Waals surface area contributed by atoms with Crippen LogP contribution in [-0.2, 0) is 6.42 Å². The number of hydrogen-bond acceptors (Lipinski definition) is 5. The van der Waals surface area contributed by atoms with Crippen LogP contribution in [0.25, 0.3) is 11.1 Å². The molecule has 0 fully saturated rings. The van der Waals surface area contributed by atoms with Crippen molar-refractivity contribution in [1.82, 2.24) is 10.1 Å². The maximum Gasteiger partial charge on any atom is 0.259 e. The van der Waals surface area contributed by atoms with E-state index in [1.54, 1.807) is 13.0 Å². The molecule has 0 saturated carbocycles. The van der Waals surface area contributed by atoms with Gasteiger partial charge in [-0.15, -0.1) is 0 Å². The van der Waals surface area contributed by atoms with E-state index in [2.05, 4.69) is 15.5 Å². The quantitative estimate of drug-likeness (QED) is 0.743. The van der Waals surface area contributed by atoms with Crippen LogP contribution in [0.2, 0.25) is 0 Å². The molecule has 0 aliphatic rings. The number of aliphatic hydroxyl groups is 1. The number of nitrogens with zero attached hydrogens (tertiary/aromatic N) is 2. The van der Waals surface area contributed by atoms with Gasteiger partial charge in [-0.25, -0.2) is 4.98 Å². The molecule has 25 heavy (non-hydrogen) atoms. The zero-order valence-corrected chi connectivity index (χ0v) is 14.5. The molecule has 0 saturated heterocycles. The number of carbonyl (C=O) groups is 1. The largest absolute Gasteiger partial charge is 0.396 e. The van der Waals surface area contributed by atoms with E-state index in [-0.39, 0.29) is 18.4 Å². The molecule has 2 aromatic heterocycles. The van der Waals surface area contributed by atoms with Crippen LogP contribution in [0, 0.1) is 6.92 Å². The molecule has 3 rings (SSSR count). The zero-order valence-electron chi connectivity index (χ0n) is 14.5. The van der Waals surface area contributed by atoms with Crippen LogP contribution in [0.3, 0.4) is 0 Å². The summed E-state index contributed by atoms with van der Waals surface area (Å²) in [7, 11) is 0. The summed E-state index contributed by atoms with van der Waals surface area (Å²) in [6.45, 7) is 5.92. The second kappa shape index (κ2) is 7.03. The molecule has 0 unspecified atom stereocenters. The second-order valence-electron chi connectivity index (χ2n) is 6.32. The van der Waals surface area contributed by atoms with Crippen LogP contribution < -0.4 is 5.32 Å². The fraction of sp³-hybridized carbons (Fsp3) is 0.316. The Kier molecular flexibility index (Phi) is 4.81. The number of hydrogen-bond donors (Lipinski definition) is 2. The van der Waals surface area contributed by atoms with Gasteiger partial charge in [-0.05, 0) is 43.0 Å². The average Bonchev–Trinajstić information content (AvgIpc) is 2.97. The molecule has 6 nitrogen and oxygen atoms in total. The lowest BCUT2D eigenvalue weighted by molar-refractivity contribution is 0.102. The lowest BCUT2D eigenvalue weighted by atomic mass is 10.0. The molecule has 0 aliphatic carbocycles. The number of carbonyl (C=O) groups excluding carboxylic acids is 1. The van der Waals surface area contributed by atoms with E-state index < -0.39 is 0 Å². The summed E-state index contributed by atoms with van der Waals surface area (Å²) >= 11 is 0. The summed E-state index contributed by atoms with van der Waals surface area (Å²) in [5.41, 5.74) is 4.02. The first-order valence-electron chi connectivity index (χ1n) is 8.27. The van der Waals surface area contributed by atoms with Crippen LogP contribution >= 0.6 is 0 Å². The number of amides is 1.